The van der Waals surface area contributed by atoms with Crippen molar-refractivity contribution in [1.82, 2.24) is 14.3 Å². The summed E-state index contributed by atoms with van der Waals surface area (Å²) in [6.07, 6.45) is 2.41. The predicted octanol–water partition coefficient (Wildman–Crippen LogP) is 1.91. The van der Waals surface area contributed by atoms with Gasteiger partial charge in [0.2, 0.25) is 10.0 Å². The van der Waals surface area contributed by atoms with Gasteiger partial charge in [-0.2, -0.15) is 0 Å². The average Bonchev–Trinajstić information content (AvgIpc) is 2.81. The number of nitrogens with one attached hydrogen (secondary N) is 1. The quantitative estimate of drug-likeness (QED) is 0.930. The van der Waals surface area contributed by atoms with Gasteiger partial charge in [0, 0.05) is 18.3 Å². The number of benzene rings is 1. The summed E-state index contributed by atoms with van der Waals surface area (Å²) in [5, 5.41) is 0.507. The van der Waals surface area contributed by atoms with Crippen LogP contribution in [-0.4, -0.2) is 30.1 Å². The number of sulfonamides is 1. The van der Waals surface area contributed by atoms with Crippen LogP contribution >= 0.6 is 11.6 Å². The molecule has 21 heavy (non-hydrogen) atoms. The van der Waals surface area contributed by atoms with Crippen molar-refractivity contribution in [1.29, 1.82) is 0 Å². The molecule has 1 aromatic carbocycles. The zero-order valence-corrected chi connectivity index (χ0v) is 13.1. The molecule has 1 amide bonds. The normalized spacial score (nSPS) is 11.4. The Kier molecular flexibility index (Phi) is 4.34. The second kappa shape index (κ2) is 5.87. The van der Waals surface area contributed by atoms with Gasteiger partial charge in [-0.1, -0.05) is 23.7 Å². The predicted molar refractivity (Wildman–Crippen MR) is 80.7 cm³/mol. The van der Waals surface area contributed by atoms with Gasteiger partial charge < -0.3 is 4.57 Å². The largest absolute Gasteiger partial charge is 0.330 e. The van der Waals surface area contributed by atoms with Gasteiger partial charge in [0.05, 0.1) is 11.3 Å². The number of hydrogen-bond donors (Lipinski definition) is 1. The summed E-state index contributed by atoms with van der Waals surface area (Å²) in [6.45, 7) is 2.46. The van der Waals surface area contributed by atoms with Crippen molar-refractivity contribution in [2.45, 2.75) is 13.5 Å². The lowest BCUT2D eigenvalue weighted by Gasteiger charge is -2.05. The molecule has 112 valence electrons. The lowest BCUT2D eigenvalue weighted by Crippen LogP contribution is -2.29. The molecule has 0 saturated heterocycles. The summed E-state index contributed by atoms with van der Waals surface area (Å²) in [5.41, 5.74) is 0.705. The van der Waals surface area contributed by atoms with Gasteiger partial charge in [-0.15, -0.1) is 0 Å². The van der Waals surface area contributed by atoms with E-state index >= 15 is 0 Å². The van der Waals surface area contributed by atoms with Gasteiger partial charge in [0.15, 0.2) is 0 Å². The fourth-order valence-corrected chi connectivity index (χ4v) is 2.51. The first-order valence-corrected chi connectivity index (χ1v) is 8.43. The van der Waals surface area contributed by atoms with Crippen LogP contribution in [0, 0.1) is 0 Å². The smallest absolute Gasteiger partial charge is 0.284 e. The third-order valence-electron chi connectivity index (χ3n) is 2.74. The number of rotatable bonds is 4. The molecule has 0 saturated carbocycles. The number of amides is 1. The molecule has 0 unspecified atom stereocenters. The fourth-order valence-electron chi connectivity index (χ4n) is 1.84. The van der Waals surface area contributed by atoms with E-state index in [1.165, 1.54) is 6.20 Å². The Morgan fingerprint density at radius 1 is 1.38 bits per heavy atom. The Balaban J connectivity index is 2.46. The second-order valence-corrected chi connectivity index (χ2v) is 6.57. The molecular weight excluding hydrogens is 314 g/mol. The number of carbonyl (C=O) groups excluding carboxylic acids is 1. The summed E-state index contributed by atoms with van der Waals surface area (Å²) < 4.78 is 25.9. The van der Waals surface area contributed by atoms with Crippen LogP contribution in [0.15, 0.2) is 30.5 Å². The second-order valence-electron chi connectivity index (χ2n) is 4.42. The van der Waals surface area contributed by atoms with Crippen molar-refractivity contribution in [3.63, 3.8) is 0 Å². The van der Waals surface area contributed by atoms with Gasteiger partial charge >= 0.3 is 0 Å². The van der Waals surface area contributed by atoms with E-state index in [0.29, 0.717) is 23.0 Å². The highest BCUT2D eigenvalue weighted by Gasteiger charge is 2.18. The Labute approximate surface area is 127 Å². The third-order valence-corrected chi connectivity index (χ3v) is 3.63. The number of carbonyl (C=O) groups is 1. The molecule has 6 nitrogen and oxygen atoms in total. The van der Waals surface area contributed by atoms with E-state index < -0.39 is 15.9 Å². The number of hydrogen-bond acceptors (Lipinski definition) is 4. The number of aromatic nitrogens is 2. The highest BCUT2D eigenvalue weighted by molar-refractivity contribution is 7.89. The van der Waals surface area contributed by atoms with Crippen LogP contribution in [0.4, 0.5) is 0 Å². The molecule has 0 bridgehead atoms. The van der Waals surface area contributed by atoms with E-state index in [2.05, 4.69) is 4.98 Å². The molecule has 2 rings (SSSR count). The Hall–Kier alpha value is -1.86. The van der Waals surface area contributed by atoms with Gasteiger partial charge in [-0.25, -0.2) is 18.1 Å². The minimum Gasteiger partial charge on any atom is -0.330 e. The Morgan fingerprint density at radius 2 is 2.05 bits per heavy atom. The Bertz CT molecular complexity index is 784. The van der Waals surface area contributed by atoms with Gasteiger partial charge in [-0.05, 0) is 19.1 Å². The lowest BCUT2D eigenvalue weighted by molar-refractivity contribution is 0.0977. The summed E-state index contributed by atoms with van der Waals surface area (Å²) in [6, 6.07) is 7.12. The van der Waals surface area contributed by atoms with Crippen molar-refractivity contribution >= 4 is 27.5 Å². The molecule has 0 aliphatic heterocycles. The van der Waals surface area contributed by atoms with E-state index in [4.69, 9.17) is 11.6 Å². The first kappa shape index (κ1) is 15.5. The highest BCUT2D eigenvalue weighted by atomic mass is 35.5. The van der Waals surface area contributed by atoms with Crippen LogP contribution < -0.4 is 4.72 Å². The number of imidazole rings is 1. The average molecular weight is 328 g/mol. The first-order valence-electron chi connectivity index (χ1n) is 6.16. The van der Waals surface area contributed by atoms with Crippen molar-refractivity contribution in [3.8, 4) is 11.4 Å². The summed E-state index contributed by atoms with van der Waals surface area (Å²) in [5.74, 6) is -0.250. The zero-order valence-electron chi connectivity index (χ0n) is 11.5. The maximum atomic E-state index is 11.9. The summed E-state index contributed by atoms with van der Waals surface area (Å²) >= 11 is 6.13. The molecule has 0 spiro atoms. The van der Waals surface area contributed by atoms with Crippen LogP contribution in [0.5, 0.6) is 0 Å². The van der Waals surface area contributed by atoms with Crippen LogP contribution in [-0.2, 0) is 16.6 Å². The molecule has 0 aliphatic carbocycles. The number of aryl methyl sites for hydroxylation is 1. The third kappa shape index (κ3) is 3.62. The van der Waals surface area contributed by atoms with Gasteiger partial charge in [0.1, 0.15) is 11.5 Å². The van der Waals surface area contributed by atoms with E-state index in [0.717, 1.165) is 6.26 Å². The first-order chi connectivity index (χ1) is 9.81. The van der Waals surface area contributed by atoms with Crippen molar-refractivity contribution in [3.05, 3.63) is 41.2 Å². The molecule has 0 aliphatic rings. The molecule has 1 aromatic heterocycles. The molecule has 8 heteroatoms. The molecule has 0 fully saturated rings. The summed E-state index contributed by atoms with van der Waals surface area (Å²) in [7, 11) is -3.63. The molecule has 0 atom stereocenters. The fraction of sp³-hybridized carbons (Fsp3) is 0.231. The van der Waals surface area contributed by atoms with Crippen molar-refractivity contribution < 1.29 is 13.2 Å². The standard InChI is InChI=1S/C13H14ClN3O3S/c1-3-17-8-11(13(18)16-21(2,19)20)15-12(17)9-6-4-5-7-10(9)14/h4-8H,3H2,1-2H3,(H,16,18). The van der Waals surface area contributed by atoms with E-state index in [1.54, 1.807) is 22.8 Å². The molecule has 1 heterocycles. The van der Waals surface area contributed by atoms with Gasteiger partial charge in [0.25, 0.3) is 5.91 Å². The van der Waals surface area contributed by atoms with Crippen LogP contribution in [0.3, 0.4) is 0 Å². The number of nitrogens with zero attached hydrogens (tertiary/aromatic N) is 2. The molecule has 2 aromatic rings. The molecule has 0 radical (unpaired) electrons. The lowest BCUT2D eigenvalue weighted by atomic mass is 10.2. The van der Waals surface area contributed by atoms with Crippen LogP contribution in [0.2, 0.25) is 5.02 Å². The zero-order chi connectivity index (χ0) is 15.6. The maximum absolute atomic E-state index is 11.9. The maximum Gasteiger partial charge on any atom is 0.284 e. The van der Waals surface area contributed by atoms with Crippen molar-refractivity contribution in [2.75, 3.05) is 6.26 Å². The Morgan fingerprint density at radius 3 is 2.62 bits per heavy atom. The van der Waals surface area contributed by atoms with Gasteiger partial charge in [-0.3, -0.25) is 4.79 Å². The minimum absolute atomic E-state index is 0.0252. The van der Waals surface area contributed by atoms with E-state index in [-0.39, 0.29) is 5.69 Å². The van der Waals surface area contributed by atoms with E-state index in [1.807, 2.05) is 17.7 Å². The molecule has 1 N–H and O–H groups in total. The summed E-state index contributed by atoms with van der Waals surface area (Å²) in [4.78, 5) is 16.1. The SMILES string of the molecule is CCn1cc(C(=O)NS(C)(=O)=O)nc1-c1ccccc1Cl. The number of halogens is 1. The van der Waals surface area contributed by atoms with Crippen LogP contribution in [0.1, 0.15) is 17.4 Å². The topological polar surface area (TPSA) is 81.1 Å². The monoisotopic (exact) mass is 327 g/mol. The van der Waals surface area contributed by atoms with Crippen LogP contribution in [0.25, 0.3) is 11.4 Å². The molecular formula is C13H14ClN3O3S. The van der Waals surface area contributed by atoms with E-state index in [9.17, 15) is 13.2 Å². The minimum atomic E-state index is -3.63. The highest BCUT2D eigenvalue weighted by Crippen LogP contribution is 2.27. The van der Waals surface area contributed by atoms with Crippen molar-refractivity contribution in [2.24, 2.45) is 0 Å².